The molecule has 0 amide bonds. The van der Waals surface area contributed by atoms with Gasteiger partial charge in [-0.15, -0.1) is 0 Å². The van der Waals surface area contributed by atoms with E-state index in [4.69, 9.17) is 0 Å². The van der Waals surface area contributed by atoms with Crippen molar-refractivity contribution >= 4 is 16.8 Å². The molecule has 0 bridgehead atoms. The molecule has 0 rings (SSSR count). The van der Waals surface area contributed by atoms with Gasteiger partial charge < -0.3 is 0 Å². The van der Waals surface area contributed by atoms with Crippen molar-refractivity contribution in [3.63, 3.8) is 0 Å². The van der Waals surface area contributed by atoms with Crippen molar-refractivity contribution < 1.29 is 4.58 Å². The van der Waals surface area contributed by atoms with Crippen molar-refractivity contribution in [1.29, 1.82) is 0 Å². The van der Waals surface area contributed by atoms with E-state index in [2.05, 4.69) is 37.7 Å². The van der Waals surface area contributed by atoms with Gasteiger partial charge in [-0.3, -0.25) is 0 Å². The Hall–Kier alpha value is -0.240. The van der Waals surface area contributed by atoms with Crippen molar-refractivity contribution in [1.82, 2.24) is 0 Å². The molecule has 0 radical (unpaired) electrons. The molecule has 2 heteroatoms. The number of allylic oxidation sites excluding steroid dienone is 1. The Morgan fingerprint density at radius 3 is 2.50 bits per heavy atom. The molecule has 1 nitrogen and oxygen atoms in total. The lowest BCUT2D eigenvalue weighted by Gasteiger charge is -1.93. The van der Waals surface area contributed by atoms with Gasteiger partial charge in [0.1, 0.15) is 14.1 Å². The molecule has 0 aliphatic carbocycles. The predicted molar refractivity (Wildman–Crippen MR) is 50.1 cm³/mol. The Morgan fingerprint density at radius 2 is 2.10 bits per heavy atom. The summed E-state index contributed by atoms with van der Waals surface area (Å²) in [4.78, 5) is 0. The second kappa shape index (κ2) is 5.54. The lowest BCUT2D eigenvalue weighted by molar-refractivity contribution is -0.461. The molecule has 0 aromatic rings. The molecule has 10 heavy (non-hydrogen) atoms. The summed E-state index contributed by atoms with van der Waals surface area (Å²) in [7, 11) is 4.13. The maximum Gasteiger partial charge on any atom is 0.207 e. The van der Waals surface area contributed by atoms with E-state index >= 15 is 0 Å². The van der Waals surface area contributed by atoms with Crippen LogP contribution in [-0.4, -0.2) is 29.5 Å². The highest BCUT2D eigenvalue weighted by molar-refractivity contribution is 8.13. The number of nitrogens with zero attached hydrogens (tertiary/aromatic N) is 1. The molecule has 0 aliphatic heterocycles. The predicted octanol–water partition coefficient (Wildman–Crippen LogP) is 1.99. The standard InChI is InChI=1S/C8H16NS/c1-5-6-7-10-8(2)9(3)4/h5-6H,7H2,1-4H3/q+1. The summed E-state index contributed by atoms with van der Waals surface area (Å²) in [5.74, 6) is 1.08. The van der Waals surface area contributed by atoms with Gasteiger partial charge in [-0.1, -0.05) is 23.9 Å². The minimum absolute atomic E-state index is 1.08. The van der Waals surface area contributed by atoms with Crippen molar-refractivity contribution in [3.05, 3.63) is 12.2 Å². The normalized spacial score (nSPS) is 10.4. The second-order valence-corrected chi connectivity index (χ2v) is 3.51. The SMILES string of the molecule is CC=CCSC(C)=[N+](C)C. The van der Waals surface area contributed by atoms with Crippen LogP contribution in [0.3, 0.4) is 0 Å². The molecule has 0 aromatic heterocycles. The van der Waals surface area contributed by atoms with Gasteiger partial charge in [-0.25, -0.2) is 4.58 Å². The van der Waals surface area contributed by atoms with Crippen LogP contribution >= 0.6 is 11.8 Å². The van der Waals surface area contributed by atoms with Crippen LogP contribution in [0.5, 0.6) is 0 Å². The van der Waals surface area contributed by atoms with Crippen LogP contribution in [0.25, 0.3) is 0 Å². The van der Waals surface area contributed by atoms with E-state index in [9.17, 15) is 0 Å². The number of thioether (sulfide) groups is 1. The van der Waals surface area contributed by atoms with Crippen LogP contribution in [0, 0.1) is 0 Å². The molecular weight excluding hydrogens is 142 g/mol. The van der Waals surface area contributed by atoms with Crippen LogP contribution in [0.1, 0.15) is 13.8 Å². The molecule has 0 N–H and O–H groups in total. The Morgan fingerprint density at radius 1 is 1.50 bits per heavy atom. The van der Waals surface area contributed by atoms with Crippen LogP contribution in [-0.2, 0) is 0 Å². The Kier molecular flexibility index (Phi) is 5.40. The average Bonchev–Trinajstić information content (AvgIpc) is 1.88. The summed E-state index contributed by atoms with van der Waals surface area (Å²) >= 11 is 1.86. The average molecular weight is 158 g/mol. The minimum atomic E-state index is 1.08. The zero-order valence-corrected chi connectivity index (χ0v) is 8.03. The first kappa shape index (κ1) is 9.76. The van der Waals surface area contributed by atoms with Crippen LogP contribution < -0.4 is 0 Å². The highest BCUT2D eigenvalue weighted by Gasteiger charge is 1.96. The van der Waals surface area contributed by atoms with E-state index in [-0.39, 0.29) is 0 Å². The van der Waals surface area contributed by atoms with Crippen molar-refractivity contribution in [2.24, 2.45) is 0 Å². The molecule has 0 aliphatic rings. The Bertz CT molecular complexity index is 143. The minimum Gasteiger partial charge on any atom is -0.234 e. The summed E-state index contributed by atoms with van der Waals surface area (Å²) in [5.41, 5.74) is 0. The van der Waals surface area contributed by atoms with Gasteiger partial charge in [0.2, 0.25) is 5.04 Å². The molecule has 0 saturated heterocycles. The lowest BCUT2D eigenvalue weighted by atomic mass is 10.6. The summed E-state index contributed by atoms with van der Waals surface area (Å²) in [5, 5.41) is 1.36. The second-order valence-electron chi connectivity index (χ2n) is 2.29. The van der Waals surface area contributed by atoms with Crippen LogP contribution in [0.4, 0.5) is 0 Å². The fourth-order valence-electron chi connectivity index (χ4n) is 0.394. The van der Waals surface area contributed by atoms with E-state index in [1.165, 1.54) is 5.04 Å². The quantitative estimate of drug-likeness (QED) is 0.257. The zero-order chi connectivity index (χ0) is 7.98. The van der Waals surface area contributed by atoms with E-state index in [0.717, 1.165) is 5.75 Å². The molecule has 0 atom stereocenters. The van der Waals surface area contributed by atoms with Crippen LogP contribution in [0.15, 0.2) is 12.2 Å². The molecule has 0 fully saturated rings. The van der Waals surface area contributed by atoms with Gasteiger partial charge in [0.25, 0.3) is 0 Å². The van der Waals surface area contributed by atoms with Gasteiger partial charge in [0.15, 0.2) is 0 Å². The maximum atomic E-state index is 2.16. The van der Waals surface area contributed by atoms with Crippen LogP contribution in [0.2, 0.25) is 0 Å². The largest absolute Gasteiger partial charge is 0.234 e. The van der Waals surface area contributed by atoms with Crippen molar-refractivity contribution in [3.8, 4) is 0 Å². The van der Waals surface area contributed by atoms with E-state index in [1.807, 2.05) is 18.7 Å². The van der Waals surface area contributed by atoms with Gasteiger partial charge in [-0.05, 0) is 6.92 Å². The van der Waals surface area contributed by atoms with E-state index in [1.54, 1.807) is 0 Å². The molecule has 0 unspecified atom stereocenters. The van der Waals surface area contributed by atoms with E-state index < -0.39 is 0 Å². The Labute approximate surface area is 67.8 Å². The highest BCUT2D eigenvalue weighted by Crippen LogP contribution is 2.01. The van der Waals surface area contributed by atoms with Crippen molar-refractivity contribution in [2.45, 2.75) is 13.8 Å². The highest BCUT2D eigenvalue weighted by atomic mass is 32.2. The van der Waals surface area contributed by atoms with Gasteiger partial charge in [0, 0.05) is 12.7 Å². The fraction of sp³-hybridized carbons (Fsp3) is 0.625. The monoisotopic (exact) mass is 158 g/mol. The summed E-state index contributed by atoms with van der Waals surface area (Å²) in [6.07, 6.45) is 4.24. The number of hydrogen-bond acceptors (Lipinski definition) is 1. The third kappa shape index (κ3) is 4.62. The molecule has 0 spiro atoms. The van der Waals surface area contributed by atoms with Gasteiger partial charge >= 0.3 is 0 Å². The topological polar surface area (TPSA) is 3.01 Å². The van der Waals surface area contributed by atoms with Crippen molar-refractivity contribution in [2.75, 3.05) is 19.8 Å². The first-order chi connectivity index (χ1) is 4.68. The van der Waals surface area contributed by atoms with Gasteiger partial charge in [0.05, 0.1) is 0 Å². The first-order valence-electron chi connectivity index (χ1n) is 3.43. The van der Waals surface area contributed by atoms with Gasteiger partial charge in [-0.2, -0.15) is 0 Å². The zero-order valence-electron chi connectivity index (χ0n) is 7.22. The summed E-state index contributed by atoms with van der Waals surface area (Å²) in [6, 6.07) is 0. The lowest BCUT2D eigenvalue weighted by Crippen LogP contribution is -2.05. The summed E-state index contributed by atoms with van der Waals surface area (Å²) in [6.45, 7) is 4.18. The third-order valence-electron chi connectivity index (χ3n) is 1.25. The Balaban J connectivity index is 3.60. The number of rotatable bonds is 2. The third-order valence-corrected chi connectivity index (χ3v) is 2.40. The molecule has 0 saturated carbocycles. The molecule has 0 aromatic carbocycles. The van der Waals surface area contributed by atoms with E-state index in [0.29, 0.717) is 0 Å². The maximum absolute atomic E-state index is 2.16. The number of hydrogen-bond donors (Lipinski definition) is 0. The molecule has 0 heterocycles. The molecular formula is C8H16NS+. The smallest absolute Gasteiger partial charge is 0.207 e. The first-order valence-corrected chi connectivity index (χ1v) is 4.42. The molecule has 58 valence electrons. The summed E-state index contributed by atoms with van der Waals surface area (Å²) < 4.78 is 2.13. The fourth-order valence-corrected chi connectivity index (χ4v) is 1.18.